The van der Waals surface area contributed by atoms with Crippen molar-refractivity contribution in [3.63, 3.8) is 0 Å². The Morgan fingerprint density at radius 2 is 1.43 bits per heavy atom. The van der Waals surface area contributed by atoms with Crippen LogP contribution in [0.4, 0.5) is 5.69 Å². The summed E-state index contributed by atoms with van der Waals surface area (Å²) in [5, 5.41) is 9.90. The van der Waals surface area contributed by atoms with Crippen LogP contribution in [0.5, 0.6) is 11.5 Å². The number of phenolic OH excluding ortho intramolecular Hbond substituents is 1. The molecule has 0 atom stereocenters. The van der Waals surface area contributed by atoms with E-state index < -0.39 is 0 Å². The number of aromatic hydroxyl groups is 1. The molecule has 1 saturated heterocycles. The Hall–Kier alpha value is -4.55. The van der Waals surface area contributed by atoms with Crippen molar-refractivity contribution in [2.45, 2.75) is 72.8 Å². The van der Waals surface area contributed by atoms with Crippen LogP contribution in [-0.2, 0) is 11.3 Å². The van der Waals surface area contributed by atoms with Gasteiger partial charge in [-0.05, 0) is 108 Å². The van der Waals surface area contributed by atoms with Gasteiger partial charge in [0.1, 0.15) is 11.5 Å². The maximum atomic E-state index is 11.1. The normalized spacial score (nSPS) is 13.5. The fourth-order valence-corrected chi connectivity index (χ4v) is 6.57. The third kappa shape index (κ3) is 12.0. The standard InChI is InChI=1S/C40H47N3O3.C5H12/c1-4-39(32-10-6-5-7-11-32)40(33-13-18-37(45)19-14-33)34-15-20-38(21-16-34)46-27-9-8-22-42-23-25-43(26-24-42)36-17-12-31(2)35(28-36)29-41(3)30-44;1-3-5-4-2/h5-7,10-21,28,30,45H,4,8-9,22-27,29H2,1-3H3;3-5H2,1-2H3/b40-39-;. The number of phenols is 1. The van der Waals surface area contributed by atoms with Crippen molar-refractivity contribution in [2.75, 3.05) is 51.3 Å². The lowest BCUT2D eigenvalue weighted by Gasteiger charge is -2.36. The summed E-state index contributed by atoms with van der Waals surface area (Å²) < 4.78 is 6.15. The number of allylic oxidation sites excluding steroid dienone is 1. The zero-order valence-electron chi connectivity index (χ0n) is 31.6. The van der Waals surface area contributed by atoms with Gasteiger partial charge < -0.3 is 19.6 Å². The number of rotatable bonds is 16. The van der Waals surface area contributed by atoms with E-state index >= 15 is 0 Å². The van der Waals surface area contributed by atoms with Gasteiger partial charge in [0.05, 0.1) is 6.61 Å². The second-order valence-electron chi connectivity index (χ2n) is 13.5. The van der Waals surface area contributed by atoms with Gasteiger partial charge in [0.25, 0.3) is 0 Å². The monoisotopic (exact) mass is 689 g/mol. The number of hydrogen-bond donors (Lipinski definition) is 1. The smallest absolute Gasteiger partial charge is 0.209 e. The molecule has 0 aromatic heterocycles. The zero-order valence-corrected chi connectivity index (χ0v) is 31.6. The summed E-state index contributed by atoms with van der Waals surface area (Å²) in [7, 11) is 1.82. The Morgan fingerprint density at radius 3 is 2.02 bits per heavy atom. The number of aryl methyl sites for hydroxylation is 1. The average molecular weight is 690 g/mol. The van der Waals surface area contributed by atoms with Crippen molar-refractivity contribution >= 4 is 23.2 Å². The summed E-state index contributed by atoms with van der Waals surface area (Å²) in [6.07, 6.45) is 7.97. The summed E-state index contributed by atoms with van der Waals surface area (Å²) in [5.74, 6) is 1.15. The largest absolute Gasteiger partial charge is 0.508 e. The van der Waals surface area contributed by atoms with E-state index in [1.807, 2.05) is 25.2 Å². The van der Waals surface area contributed by atoms with Crippen molar-refractivity contribution in [3.8, 4) is 11.5 Å². The molecular formula is C45H59N3O3. The van der Waals surface area contributed by atoms with Crippen LogP contribution in [0.15, 0.2) is 97.1 Å². The minimum atomic E-state index is 0.268. The number of hydrogen-bond acceptors (Lipinski definition) is 5. The van der Waals surface area contributed by atoms with Gasteiger partial charge >= 0.3 is 0 Å². The third-order valence-electron chi connectivity index (χ3n) is 9.59. The van der Waals surface area contributed by atoms with Crippen LogP contribution in [0.3, 0.4) is 0 Å². The molecule has 1 amide bonds. The van der Waals surface area contributed by atoms with Gasteiger partial charge in [-0.25, -0.2) is 0 Å². The van der Waals surface area contributed by atoms with E-state index in [1.54, 1.807) is 17.0 Å². The maximum Gasteiger partial charge on any atom is 0.209 e. The molecule has 51 heavy (non-hydrogen) atoms. The van der Waals surface area contributed by atoms with E-state index in [2.05, 4.69) is 104 Å². The molecule has 0 bridgehead atoms. The number of carbonyl (C=O) groups is 1. The molecule has 1 fully saturated rings. The van der Waals surface area contributed by atoms with Crippen LogP contribution in [0.1, 0.15) is 87.1 Å². The lowest BCUT2D eigenvalue weighted by Crippen LogP contribution is -2.46. The first kappa shape index (κ1) is 39.2. The van der Waals surface area contributed by atoms with Crippen LogP contribution in [-0.4, -0.2) is 67.7 Å². The zero-order chi connectivity index (χ0) is 36.4. The lowest BCUT2D eigenvalue weighted by molar-refractivity contribution is -0.117. The number of piperazine rings is 1. The van der Waals surface area contributed by atoms with Crippen LogP contribution < -0.4 is 9.64 Å². The highest BCUT2D eigenvalue weighted by molar-refractivity contribution is 5.98. The van der Waals surface area contributed by atoms with Gasteiger partial charge in [0.15, 0.2) is 0 Å². The number of unbranched alkanes of at least 4 members (excludes halogenated alkanes) is 3. The summed E-state index contributed by atoms with van der Waals surface area (Å²) in [5.41, 5.74) is 9.54. The first-order valence-electron chi connectivity index (χ1n) is 18.9. The molecule has 0 unspecified atom stereocenters. The number of nitrogens with zero attached hydrogens (tertiary/aromatic N) is 3. The molecule has 0 saturated carbocycles. The molecule has 6 heteroatoms. The van der Waals surface area contributed by atoms with Gasteiger partial charge in [0, 0.05) is 45.5 Å². The molecule has 5 rings (SSSR count). The van der Waals surface area contributed by atoms with E-state index in [0.29, 0.717) is 13.2 Å². The first-order valence-corrected chi connectivity index (χ1v) is 18.9. The van der Waals surface area contributed by atoms with Crippen LogP contribution in [0.25, 0.3) is 11.1 Å². The Balaban J connectivity index is 0.00000109. The molecule has 272 valence electrons. The molecule has 0 radical (unpaired) electrons. The Morgan fingerprint density at radius 1 is 0.784 bits per heavy atom. The van der Waals surface area contributed by atoms with Gasteiger partial charge in [-0.1, -0.05) is 101 Å². The number of anilines is 1. The first-order chi connectivity index (χ1) is 24.9. The van der Waals surface area contributed by atoms with E-state index in [-0.39, 0.29) is 5.75 Å². The number of amides is 1. The summed E-state index contributed by atoms with van der Waals surface area (Å²) in [6.45, 7) is 15.3. The molecule has 1 heterocycles. The van der Waals surface area contributed by atoms with Gasteiger partial charge in [0.2, 0.25) is 6.41 Å². The van der Waals surface area contributed by atoms with E-state index in [1.165, 1.54) is 52.8 Å². The van der Waals surface area contributed by atoms with Crippen molar-refractivity contribution in [3.05, 3.63) is 125 Å². The fraction of sp³-hybridized carbons (Fsp3) is 0.400. The molecular weight excluding hydrogens is 631 g/mol. The van der Waals surface area contributed by atoms with E-state index in [4.69, 9.17) is 4.74 Å². The van der Waals surface area contributed by atoms with Crippen molar-refractivity contribution in [1.29, 1.82) is 0 Å². The van der Waals surface area contributed by atoms with Crippen LogP contribution >= 0.6 is 0 Å². The minimum absolute atomic E-state index is 0.268. The Bertz CT molecular complexity index is 1620. The van der Waals surface area contributed by atoms with E-state index in [0.717, 1.165) is 75.3 Å². The molecule has 4 aromatic rings. The summed E-state index contributed by atoms with van der Waals surface area (Å²) in [6, 6.07) is 33.1. The fourth-order valence-electron chi connectivity index (χ4n) is 6.57. The summed E-state index contributed by atoms with van der Waals surface area (Å²) >= 11 is 0. The van der Waals surface area contributed by atoms with Gasteiger partial charge in [-0.15, -0.1) is 0 Å². The predicted molar refractivity (Wildman–Crippen MR) is 214 cm³/mol. The minimum Gasteiger partial charge on any atom is -0.508 e. The van der Waals surface area contributed by atoms with Crippen LogP contribution in [0.2, 0.25) is 0 Å². The second-order valence-corrected chi connectivity index (χ2v) is 13.5. The predicted octanol–water partition coefficient (Wildman–Crippen LogP) is 9.84. The van der Waals surface area contributed by atoms with Gasteiger partial charge in [-0.2, -0.15) is 0 Å². The molecule has 4 aromatic carbocycles. The maximum absolute atomic E-state index is 11.1. The highest BCUT2D eigenvalue weighted by Crippen LogP contribution is 2.35. The molecule has 0 aliphatic carbocycles. The van der Waals surface area contributed by atoms with Crippen molar-refractivity contribution in [2.24, 2.45) is 0 Å². The number of carbonyl (C=O) groups excluding carboxylic acids is 1. The number of ether oxygens (including phenoxy) is 1. The second kappa shape index (κ2) is 21.0. The lowest BCUT2D eigenvalue weighted by atomic mass is 9.88. The molecule has 1 N–H and O–H groups in total. The molecule has 1 aliphatic heterocycles. The molecule has 1 aliphatic rings. The van der Waals surface area contributed by atoms with Crippen molar-refractivity contribution in [1.82, 2.24) is 9.80 Å². The highest BCUT2D eigenvalue weighted by atomic mass is 16.5. The van der Waals surface area contributed by atoms with Crippen molar-refractivity contribution < 1.29 is 14.6 Å². The number of benzene rings is 4. The quantitative estimate of drug-likeness (QED) is 0.0721. The van der Waals surface area contributed by atoms with Crippen LogP contribution in [0, 0.1) is 6.92 Å². The summed E-state index contributed by atoms with van der Waals surface area (Å²) in [4.78, 5) is 17.8. The van der Waals surface area contributed by atoms with Gasteiger partial charge in [-0.3, -0.25) is 9.69 Å². The topological polar surface area (TPSA) is 56.3 Å². The SMILES string of the molecule is CC/C(=C(\c1ccc(O)cc1)c1ccc(OCCCCN2CCN(c3ccc(C)c(CN(C)C=O)c3)CC2)cc1)c1ccccc1.CCCCC. The third-order valence-corrected chi connectivity index (χ3v) is 9.59. The molecule has 6 nitrogen and oxygen atoms in total. The molecule has 0 spiro atoms. The Labute approximate surface area is 307 Å². The average Bonchev–Trinajstić information content (AvgIpc) is 3.16. The Kier molecular flexibility index (Phi) is 16.1. The highest BCUT2D eigenvalue weighted by Gasteiger charge is 2.18. The van der Waals surface area contributed by atoms with E-state index in [9.17, 15) is 9.90 Å².